The molecule has 2 aromatic rings. The summed E-state index contributed by atoms with van der Waals surface area (Å²) in [6.45, 7) is 0.498. The van der Waals surface area contributed by atoms with E-state index in [0.717, 1.165) is 0 Å². The second-order valence-electron chi connectivity index (χ2n) is 3.88. The quantitative estimate of drug-likeness (QED) is 0.811. The van der Waals surface area contributed by atoms with E-state index in [2.05, 4.69) is 9.72 Å². The first-order chi connectivity index (χ1) is 9.39. The maximum atomic E-state index is 12.0. The van der Waals surface area contributed by atoms with E-state index in [1.165, 1.54) is 28.9 Å². The number of hydrogen-bond donors (Lipinski definition) is 0. The Morgan fingerprint density at radius 1 is 1.45 bits per heavy atom. The number of alkyl halides is 3. The Morgan fingerprint density at radius 3 is 2.85 bits per heavy atom. The highest BCUT2D eigenvalue weighted by Crippen LogP contribution is 2.20. The normalized spacial score (nSPS) is 11.6. The number of carbonyl (C=O) groups excluding carboxylic acids is 1. The number of imidazole rings is 1. The highest BCUT2D eigenvalue weighted by molar-refractivity contribution is 5.88. The van der Waals surface area contributed by atoms with Gasteiger partial charge in [-0.25, -0.2) is 9.78 Å². The molecular formula is C12H11F3N2O3. The molecule has 108 valence electrons. The molecule has 0 fully saturated rings. The SMILES string of the molecule is CCOC(=O)c1cn2ccc(OCC(F)(F)F)cc2n1. The minimum atomic E-state index is -4.41. The van der Waals surface area contributed by atoms with Crippen LogP contribution in [0.15, 0.2) is 24.5 Å². The number of fused-ring (bicyclic) bond motifs is 1. The van der Waals surface area contributed by atoms with Crippen LogP contribution < -0.4 is 4.74 Å². The van der Waals surface area contributed by atoms with Crippen LogP contribution in [0.1, 0.15) is 17.4 Å². The smallest absolute Gasteiger partial charge is 0.422 e. The van der Waals surface area contributed by atoms with Crippen molar-refractivity contribution >= 4 is 11.6 Å². The fourth-order valence-corrected chi connectivity index (χ4v) is 1.52. The van der Waals surface area contributed by atoms with Crippen LogP contribution in [0.3, 0.4) is 0 Å². The van der Waals surface area contributed by atoms with Crippen molar-refractivity contribution in [2.45, 2.75) is 13.1 Å². The number of esters is 1. The molecule has 20 heavy (non-hydrogen) atoms. The number of halogens is 3. The molecule has 0 N–H and O–H groups in total. The van der Waals surface area contributed by atoms with Gasteiger partial charge in [0.1, 0.15) is 11.4 Å². The number of ether oxygens (including phenoxy) is 2. The van der Waals surface area contributed by atoms with Gasteiger partial charge in [-0.15, -0.1) is 0 Å². The van der Waals surface area contributed by atoms with Gasteiger partial charge < -0.3 is 13.9 Å². The van der Waals surface area contributed by atoms with E-state index in [-0.39, 0.29) is 18.1 Å². The van der Waals surface area contributed by atoms with Crippen LogP contribution in [0, 0.1) is 0 Å². The van der Waals surface area contributed by atoms with Gasteiger partial charge in [-0.2, -0.15) is 13.2 Å². The third-order valence-corrected chi connectivity index (χ3v) is 2.32. The number of carbonyl (C=O) groups is 1. The molecule has 2 aromatic heterocycles. The van der Waals surface area contributed by atoms with Crippen molar-refractivity contribution in [2.24, 2.45) is 0 Å². The maximum Gasteiger partial charge on any atom is 0.422 e. The second kappa shape index (κ2) is 5.40. The minimum absolute atomic E-state index is 0.0239. The van der Waals surface area contributed by atoms with Crippen molar-refractivity contribution in [3.8, 4) is 5.75 Å². The first-order valence-electron chi connectivity index (χ1n) is 5.74. The predicted octanol–water partition coefficient (Wildman–Crippen LogP) is 2.45. The summed E-state index contributed by atoms with van der Waals surface area (Å²) < 4.78 is 47.0. The first kappa shape index (κ1) is 14.2. The van der Waals surface area contributed by atoms with Gasteiger partial charge in [0.2, 0.25) is 0 Å². The number of aromatic nitrogens is 2. The van der Waals surface area contributed by atoms with Gasteiger partial charge in [0.15, 0.2) is 12.3 Å². The molecule has 0 radical (unpaired) electrons. The summed E-state index contributed by atoms with van der Waals surface area (Å²) in [6, 6.07) is 2.67. The molecule has 0 amide bonds. The summed E-state index contributed by atoms with van der Waals surface area (Å²) in [7, 11) is 0. The van der Waals surface area contributed by atoms with Crippen LogP contribution in [-0.2, 0) is 4.74 Å². The molecule has 2 heterocycles. The third-order valence-electron chi connectivity index (χ3n) is 2.32. The van der Waals surface area contributed by atoms with E-state index in [1.54, 1.807) is 6.92 Å². The van der Waals surface area contributed by atoms with Crippen LogP contribution in [-0.4, -0.2) is 34.7 Å². The molecule has 0 atom stereocenters. The minimum Gasteiger partial charge on any atom is -0.484 e. The summed E-state index contributed by atoms with van der Waals surface area (Å²) in [5.41, 5.74) is 0.382. The van der Waals surface area contributed by atoms with Crippen molar-refractivity contribution in [3.63, 3.8) is 0 Å². The molecule has 0 aromatic carbocycles. The van der Waals surface area contributed by atoms with Crippen molar-refractivity contribution < 1.29 is 27.4 Å². The van der Waals surface area contributed by atoms with E-state index in [9.17, 15) is 18.0 Å². The Balaban J connectivity index is 2.19. The number of rotatable bonds is 4. The molecule has 5 nitrogen and oxygen atoms in total. The van der Waals surface area contributed by atoms with E-state index >= 15 is 0 Å². The number of nitrogens with zero attached hydrogens (tertiary/aromatic N) is 2. The van der Waals surface area contributed by atoms with Crippen molar-refractivity contribution in [3.05, 3.63) is 30.2 Å². The maximum absolute atomic E-state index is 12.0. The first-order valence-corrected chi connectivity index (χ1v) is 5.74. The monoisotopic (exact) mass is 288 g/mol. The summed E-state index contributed by atoms with van der Waals surface area (Å²) in [4.78, 5) is 15.4. The molecule has 0 unspecified atom stereocenters. The van der Waals surface area contributed by atoms with Gasteiger partial charge in [0.05, 0.1) is 6.61 Å². The average molecular weight is 288 g/mol. The van der Waals surface area contributed by atoms with Crippen LogP contribution in [0.25, 0.3) is 5.65 Å². The van der Waals surface area contributed by atoms with Crippen molar-refractivity contribution in [2.75, 3.05) is 13.2 Å². The standard InChI is InChI=1S/C12H11F3N2O3/c1-2-19-11(18)9-6-17-4-3-8(5-10(17)16-9)20-7-12(13,14)15/h3-6H,2,7H2,1H3. The lowest BCUT2D eigenvalue weighted by Gasteiger charge is -2.08. The molecule has 0 spiro atoms. The summed E-state index contributed by atoms with van der Waals surface area (Å²) in [5, 5.41) is 0. The van der Waals surface area contributed by atoms with Crippen LogP contribution in [0.4, 0.5) is 13.2 Å². The van der Waals surface area contributed by atoms with Crippen molar-refractivity contribution in [1.29, 1.82) is 0 Å². The number of pyridine rings is 1. The molecule has 0 saturated heterocycles. The van der Waals surface area contributed by atoms with Crippen LogP contribution in [0.2, 0.25) is 0 Å². The van der Waals surface area contributed by atoms with Crippen LogP contribution >= 0.6 is 0 Å². The van der Waals surface area contributed by atoms with Gasteiger partial charge in [-0.3, -0.25) is 0 Å². The Bertz CT molecular complexity index is 622. The Kier molecular flexibility index (Phi) is 3.82. The van der Waals surface area contributed by atoms with E-state index in [0.29, 0.717) is 5.65 Å². The topological polar surface area (TPSA) is 52.8 Å². The highest BCUT2D eigenvalue weighted by Gasteiger charge is 2.28. The highest BCUT2D eigenvalue weighted by atomic mass is 19.4. The molecule has 0 saturated carbocycles. The zero-order valence-corrected chi connectivity index (χ0v) is 10.5. The van der Waals surface area contributed by atoms with Gasteiger partial charge in [-0.1, -0.05) is 0 Å². The lowest BCUT2D eigenvalue weighted by atomic mass is 10.4. The van der Waals surface area contributed by atoms with Gasteiger partial charge in [0.25, 0.3) is 0 Å². The molecule has 8 heteroatoms. The second-order valence-corrected chi connectivity index (χ2v) is 3.88. The van der Waals surface area contributed by atoms with E-state index in [1.807, 2.05) is 0 Å². The Hall–Kier alpha value is -2.25. The summed E-state index contributed by atoms with van der Waals surface area (Å²) >= 11 is 0. The molecule has 0 aliphatic heterocycles. The van der Waals surface area contributed by atoms with E-state index in [4.69, 9.17) is 4.74 Å². The van der Waals surface area contributed by atoms with E-state index < -0.39 is 18.8 Å². The van der Waals surface area contributed by atoms with Crippen LogP contribution in [0.5, 0.6) is 5.75 Å². The molecule has 0 aliphatic carbocycles. The molecular weight excluding hydrogens is 277 g/mol. The van der Waals surface area contributed by atoms with Gasteiger partial charge >= 0.3 is 12.1 Å². The Morgan fingerprint density at radius 2 is 2.20 bits per heavy atom. The molecule has 0 aliphatic rings. The zero-order chi connectivity index (χ0) is 14.8. The number of hydrogen-bond acceptors (Lipinski definition) is 4. The third kappa shape index (κ3) is 3.40. The van der Waals surface area contributed by atoms with Gasteiger partial charge in [0, 0.05) is 18.5 Å². The summed E-state index contributed by atoms with van der Waals surface area (Å²) in [6.07, 6.45) is -1.52. The fraction of sp³-hybridized carbons (Fsp3) is 0.333. The largest absolute Gasteiger partial charge is 0.484 e. The molecule has 0 bridgehead atoms. The molecule has 2 rings (SSSR count). The Labute approximate surface area is 111 Å². The zero-order valence-electron chi connectivity index (χ0n) is 10.5. The lowest BCUT2D eigenvalue weighted by Crippen LogP contribution is -2.19. The average Bonchev–Trinajstić information content (AvgIpc) is 2.78. The van der Waals surface area contributed by atoms with Gasteiger partial charge in [-0.05, 0) is 13.0 Å². The summed E-state index contributed by atoms with van der Waals surface area (Å²) in [5.74, 6) is -0.565. The van der Waals surface area contributed by atoms with Crippen molar-refractivity contribution in [1.82, 2.24) is 9.38 Å². The lowest BCUT2D eigenvalue weighted by molar-refractivity contribution is -0.153. The predicted molar refractivity (Wildman–Crippen MR) is 62.7 cm³/mol. The fourth-order valence-electron chi connectivity index (χ4n) is 1.52.